The summed E-state index contributed by atoms with van der Waals surface area (Å²) in [5, 5.41) is 0.448. The van der Waals surface area contributed by atoms with Crippen LogP contribution in [0.3, 0.4) is 0 Å². The maximum absolute atomic E-state index is 12.1. The van der Waals surface area contributed by atoms with Crippen LogP contribution in [0.4, 0.5) is 11.4 Å². The third kappa shape index (κ3) is 1.86. The topological polar surface area (TPSA) is 36.4 Å². The average molecular weight is 254 g/mol. The number of pyridine rings is 1. The van der Waals surface area contributed by atoms with Crippen molar-refractivity contribution in [3.05, 3.63) is 17.4 Å². The van der Waals surface area contributed by atoms with Gasteiger partial charge in [0.25, 0.3) is 0 Å². The molecular formula is C12H16ClN3O. The molecule has 5 heteroatoms. The number of carbonyl (C=O) groups excluding carboxylic acids is 1. The number of nitrogens with zero attached hydrogens (tertiary/aromatic N) is 3. The molecular weight excluding hydrogens is 238 g/mol. The monoisotopic (exact) mass is 253 g/mol. The average Bonchev–Trinajstić information content (AvgIpc) is 2.25. The van der Waals surface area contributed by atoms with Gasteiger partial charge in [0.1, 0.15) is 11.2 Å². The molecule has 1 aromatic heterocycles. The highest BCUT2D eigenvalue weighted by atomic mass is 35.5. The molecule has 0 N–H and O–H groups in total. The van der Waals surface area contributed by atoms with Gasteiger partial charge >= 0.3 is 0 Å². The van der Waals surface area contributed by atoms with E-state index in [1.54, 1.807) is 18.1 Å². The third-order valence-corrected chi connectivity index (χ3v) is 3.34. The van der Waals surface area contributed by atoms with Crippen molar-refractivity contribution in [2.45, 2.75) is 32.9 Å². The number of fused-ring (bicyclic) bond motifs is 1. The van der Waals surface area contributed by atoms with E-state index in [9.17, 15) is 4.79 Å². The molecule has 0 unspecified atom stereocenters. The Morgan fingerprint density at radius 1 is 1.41 bits per heavy atom. The Balaban J connectivity index is 2.60. The van der Waals surface area contributed by atoms with Crippen LogP contribution in [0.25, 0.3) is 0 Å². The number of likely N-dealkylation sites (N-methyl/N-ethyl adjacent to an activating group) is 1. The Morgan fingerprint density at radius 3 is 2.65 bits per heavy atom. The highest BCUT2D eigenvalue weighted by molar-refractivity contribution is 6.30. The van der Waals surface area contributed by atoms with Crippen molar-refractivity contribution in [2.24, 2.45) is 0 Å². The summed E-state index contributed by atoms with van der Waals surface area (Å²) in [7, 11) is 1.77. The van der Waals surface area contributed by atoms with Gasteiger partial charge in [-0.2, -0.15) is 0 Å². The Bertz CT molecular complexity index is 461. The molecule has 92 valence electrons. The first-order valence-electron chi connectivity index (χ1n) is 5.65. The first kappa shape index (κ1) is 12.2. The van der Waals surface area contributed by atoms with Crippen LogP contribution in [0, 0.1) is 0 Å². The molecule has 0 aromatic carbocycles. The van der Waals surface area contributed by atoms with Crippen molar-refractivity contribution in [1.82, 2.24) is 4.98 Å². The molecule has 4 nitrogen and oxygen atoms in total. The second-order valence-electron chi connectivity index (χ2n) is 4.57. The number of carbonyl (C=O) groups is 1. The fraction of sp³-hybridized carbons (Fsp3) is 0.500. The summed E-state index contributed by atoms with van der Waals surface area (Å²) in [5.74, 6) is 0.0790. The van der Waals surface area contributed by atoms with E-state index >= 15 is 0 Å². The number of amides is 1. The minimum Gasteiger partial charge on any atom is -0.356 e. The molecule has 0 spiro atoms. The van der Waals surface area contributed by atoms with Crippen LogP contribution in [-0.4, -0.2) is 30.0 Å². The molecule has 1 atom stereocenters. The summed E-state index contributed by atoms with van der Waals surface area (Å²) in [5.41, 5.74) is 1.78. The van der Waals surface area contributed by atoms with E-state index in [4.69, 9.17) is 11.6 Å². The van der Waals surface area contributed by atoms with Crippen molar-refractivity contribution in [1.29, 1.82) is 0 Å². The lowest BCUT2D eigenvalue weighted by molar-refractivity contribution is -0.119. The van der Waals surface area contributed by atoms with Gasteiger partial charge in [0.2, 0.25) is 5.91 Å². The van der Waals surface area contributed by atoms with E-state index in [1.807, 2.05) is 13.0 Å². The van der Waals surface area contributed by atoms with Crippen molar-refractivity contribution in [3.63, 3.8) is 0 Å². The second-order valence-corrected chi connectivity index (χ2v) is 4.96. The number of anilines is 2. The van der Waals surface area contributed by atoms with Gasteiger partial charge in [0, 0.05) is 19.2 Å². The molecule has 1 aliphatic rings. The highest BCUT2D eigenvalue weighted by Crippen LogP contribution is 2.37. The zero-order valence-corrected chi connectivity index (χ0v) is 11.2. The molecule has 0 bridgehead atoms. The smallest absolute Gasteiger partial charge is 0.249 e. The maximum Gasteiger partial charge on any atom is 0.249 e. The van der Waals surface area contributed by atoms with Gasteiger partial charge in [-0.1, -0.05) is 11.6 Å². The SMILES string of the molecule is CC(C)N1c2cc(Cl)ncc2N(C)C(=O)[C@@H]1C. The Labute approximate surface area is 106 Å². The number of rotatable bonds is 1. The van der Waals surface area contributed by atoms with Crippen molar-refractivity contribution < 1.29 is 4.79 Å². The quantitative estimate of drug-likeness (QED) is 0.721. The predicted octanol–water partition coefficient (Wildman–Crippen LogP) is 2.31. The van der Waals surface area contributed by atoms with Crippen LogP contribution in [-0.2, 0) is 4.79 Å². The molecule has 0 radical (unpaired) electrons. The van der Waals surface area contributed by atoms with E-state index in [0.29, 0.717) is 5.15 Å². The number of halogens is 1. The van der Waals surface area contributed by atoms with Gasteiger partial charge < -0.3 is 9.80 Å². The van der Waals surface area contributed by atoms with Gasteiger partial charge in [-0.15, -0.1) is 0 Å². The summed E-state index contributed by atoms with van der Waals surface area (Å²) in [4.78, 5) is 19.9. The molecule has 0 fully saturated rings. The summed E-state index contributed by atoms with van der Waals surface area (Å²) in [6.07, 6.45) is 1.65. The zero-order chi connectivity index (χ0) is 12.7. The summed E-state index contributed by atoms with van der Waals surface area (Å²) < 4.78 is 0. The van der Waals surface area contributed by atoms with Crippen LogP contribution in [0.5, 0.6) is 0 Å². The van der Waals surface area contributed by atoms with Gasteiger partial charge in [-0.3, -0.25) is 4.79 Å². The molecule has 0 saturated heterocycles. The van der Waals surface area contributed by atoms with Crippen LogP contribution in [0.1, 0.15) is 20.8 Å². The van der Waals surface area contributed by atoms with Crippen molar-refractivity contribution in [3.8, 4) is 0 Å². The lowest BCUT2D eigenvalue weighted by Crippen LogP contribution is -2.53. The fourth-order valence-electron chi connectivity index (χ4n) is 2.33. The van der Waals surface area contributed by atoms with E-state index in [1.165, 1.54) is 0 Å². The predicted molar refractivity (Wildman–Crippen MR) is 69.7 cm³/mol. The normalized spacial score (nSPS) is 19.9. The number of hydrogen-bond donors (Lipinski definition) is 0. The van der Waals surface area contributed by atoms with E-state index in [-0.39, 0.29) is 18.0 Å². The van der Waals surface area contributed by atoms with Gasteiger partial charge in [0.05, 0.1) is 17.6 Å². The molecule has 0 saturated carbocycles. The Kier molecular flexibility index (Phi) is 3.00. The largest absolute Gasteiger partial charge is 0.356 e. The number of aromatic nitrogens is 1. The van der Waals surface area contributed by atoms with Crippen LogP contribution >= 0.6 is 11.6 Å². The van der Waals surface area contributed by atoms with Crippen LogP contribution in [0.2, 0.25) is 5.15 Å². The van der Waals surface area contributed by atoms with Gasteiger partial charge in [-0.05, 0) is 20.8 Å². The van der Waals surface area contributed by atoms with E-state index in [0.717, 1.165) is 11.4 Å². The summed E-state index contributed by atoms with van der Waals surface area (Å²) in [6.45, 7) is 6.04. The van der Waals surface area contributed by atoms with Gasteiger partial charge in [0.15, 0.2) is 0 Å². The molecule has 1 aliphatic heterocycles. The molecule has 17 heavy (non-hydrogen) atoms. The first-order chi connectivity index (χ1) is 7.93. The third-order valence-electron chi connectivity index (χ3n) is 3.13. The minimum atomic E-state index is -0.175. The second kappa shape index (κ2) is 4.18. The van der Waals surface area contributed by atoms with Gasteiger partial charge in [-0.25, -0.2) is 4.98 Å². The van der Waals surface area contributed by atoms with Crippen molar-refractivity contribution >= 4 is 28.9 Å². The van der Waals surface area contributed by atoms with Crippen molar-refractivity contribution in [2.75, 3.05) is 16.8 Å². The summed E-state index contributed by atoms with van der Waals surface area (Å²) in [6, 6.07) is 1.88. The Morgan fingerprint density at radius 2 is 2.06 bits per heavy atom. The first-order valence-corrected chi connectivity index (χ1v) is 6.02. The molecule has 1 amide bonds. The van der Waals surface area contributed by atoms with E-state index < -0.39 is 0 Å². The Hall–Kier alpha value is -1.29. The molecule has 1 aromatic rings. The number of hydrogen-bond acceptors (Lipinski definition) is 3. The summed E-state index contributed by atoms with van der Waals surface area (Å²) >= 11 is 5.94. The maximum atomic E-state index is 12.1. The lowest BCUT2D eigenvalue weighted by atomic mass is 10.1. The molecule has 2 rings (SSSR count). The zero-order valence-electron chi connectivity index (χ0n) is 10.4. The lowest BCUT2D eigenvalue weighted by Gasteiger charge is -2.42. The molecule has 2 heterocycles. The van der Waals surface area contributed by atoms with Crippen LogP contribution in [0.15, 0.2) is 12.3 Å². The molecule has 0 aliphatic carbocycles. The van der Waals surface area contributed by atoms with Crippen LogP contribution < -0.4 is 9.80 Å². The fourth-order valence-corrected chi connectivity index (χ4v) is 2.48. The highest BCUT2D eigenvalue weighted by Gasteiger charge is 2.35. The minimum absolute atomic E-state index is 0.0790. The van der Waals surface area contributed by atoms with E-state index in [2.05, 4.69) is 23.7 Å². The standard InChI is InChI=1S/C12H16ClN3O/c1-7(2)16-8(3)12(17)15(4)10-6-14-11(13)5-9(10)16/h5-8H,1-4H3/t8-/m0/s1.